The number of rotatable bonds is 3. The third kappa shape index (κ3) is 10.7. The number of hydrogen-bond donors (Lipinski definition) is 1. The number of methoxy groups -OCH3 is 1. The number of sulfone groups is 1. The van der Waals surface area contributed by atoms with Crippen molar-refractivity contribution in [1.82, 2.24) is 4.90 Å². The van der Waals surface area contributed by atoms with Crippen LogP contribution in [0, 0.1) is 0 Å². The maximum Gasteiger partial charge on any atom is 0.152 e. The summed E-state index contributed by atoms with van der Waals surface area (Å²) in [5, 5.41) is 7.57. The summed E-state index contributed by atoms with van der Waals surface area (Å²) in [5.74, 6) is 0.611. The Morgan fingerprint density at radius 2 is 1.59 bits per heavy atom. The number of nitrogens with zero attached hydrogens (tertiary/aromatic N) is 1. The van der Waals surface area contributed by atoms with Crippen molar-refractivity contribution >= 4 is 9.84 Å². The molecule has 1 heterocycles. The molecule has 0 atom stereocenters. The van der Waals surface area contributed by atoms with Gasteiger partial charge >= 0.3 is 0 Å². The van der Waals surface area contributed by atoms with Crippen LogP contribution in [0.5, 0.6) is 0 Å². The van der Waals surface area contributed by atoms with Crippen LogP contribution >= 0.6 is 0 Å². The maximum absolute atomic E-state index is 11.2. The van der Waals surface area contributed by atoms with Crippen LogP contribution < -0.4 is 0 Å². The molecule has 0 aliphatic carbocycles. The van der Waals surface area contributed by atoms with Gasteiger partial charge in [-0.25, -0.2) is 8.42 Å². The van der Waals surface area contributed by atoms with E-state index in [-0.39, 0.29) is 6.61 Å². The van der Waals surface area contributed by atoms with Crippen molar-refractivity contribution in [3.63, 3.8) is 0 Å². The molecule has 1 aromatic carbocycles. The minimum Gasteiger partial charge on any atom is -0.397 e. The van der Waals surface area contributed by atoms with Gasteiger partial charge in [-0.05, 0) is 19.4 Å². The van der Waals surface area contributed by atoms with Crippen LogP contribution in [0.25, 0.3) is 0 Å². The Hall–Kier alpha value is -0.950. The van der Waals surface area contributed by atoms with Gasteiger partial charge in [0, 0.05) is 40.0 Å². The van der Waals surface area contributed by atoms with Gasteiger partial charge in [0.15, 0.2) is 9.84 Å². The molecule has 1 saturated heterocycles. The van der Waals surface area contributed by atoms with E-state index >= 15 is 0 Å². The van der Waals surface area contributed by atoms with Crippen molar-refractivity contribution in [2.75, 3.05) is 44.9 Å². The van der Waals surface area contributed by atoms with Crippen molar-refractivity contribution in [1.29, 1.82) is 0 Å². The van der Waals surface area contributed by atoms with Crippen LogP contribution in [0.4, 0.5) is 0 Å². The average molecular weight is 331 g/mol. The van der Waals surface area contributed by atoms with Gasteiger partial charge in [0.05, 0.1) is 11.5 Å². The molecular formula is C16H29NO4S. The van der Waals surface area contributed by atoms with Crippen LogP contribution in [0.3, 0.4) is 0 Å². The molecule has 0 saturated carbocycles. The zero-order chi connectivity index (χ0) is 16.8. The lowest BCUT2D eigenvalue weighted by Gasteiger charge is -2.26. The van der Waals surface area contributed by atoms with E-state index in [0.717, 1.165) is 13.2 Å². The molecule has 0 unspecified atom stereocenters. The fourth-order valence-corrected chi connectivity index (χ4v) is 3.03. The van der Waals surface area contributed by atoms with Gasteiger partial charge in [-0.2, -0.15) is 0 Å². The maximum atomic E-state index is 11.2. The zero-order valence-electron chi connectivity index (χ0n) is 13.9. The van der Waals surface area contributed by atoms with E-state index in [2.05, 4.69) is 21.8 Å². The number of ether oxygens (including phenoxy) is 1. The SMILES string of the molecule is CCO.CCOC.O=S1(=O)CCN(Cc2ccccc2)CC1. The molecule has 0 aromatic heterocycles. The molecule has 128 valence electrons. The molecule has 22 heavy (non-hydrogen) atoms. The average Bonchev–Trinajstić information content (AvgIpc) is 2.52. The van der Waals surface area contributed by atoms with Crippen LogP contribution in [-0.4, -0.2) is 63.3 Å². The summed E-state index contributed by atoms with van der Waals surface area (Å²) >= 11 is 0. The van der Waals surface area contributed by atoms with Gasteiger partial charge in [0.2, 0.25) is 0 Å². The molecule has 6 heteroatoms. The third-order valence-electron chi connectivity index (χ3n) is 2.97. The summed E-state index contributed by atoms with van der Waals surface area (Å²) in [6.45, 7) is 6.89. The first kappa shape index (κ1) is 21.0. The van der Waals surface area contributed by atoms with E-state index in [9.17, 15) is 8.42 Å². The molecular weight excluding hydrogens is 302 g/mol. The van der Waals surface area contributed by atoms with Gasteiger partial charge < -0.3 is 9.84 Å². The molecule has 1 aliphatic heterocycles. The molecule has 0 radical (unpaired) electrons. The molecule has 5 nitrogen and oxygen atoms in total. The Kier molecular flexibility index (Phi) is 12.0. The smallest absolute Gasteiger partial charge is 0.152 e. The first-order chi connectivity index (χ1) is 10.5. The lowest BCUT2D eigenvalue weighted by atomic mass is 10.2. The van der Waals surface area contributed by atoms with Crippen molar-refractivity contribution < 1.29 is 18.3 Å². The van der Waals surface area contributed by atoms with Crippen LogP contribution in [0.15, 0.2) is 30.3 Å². The van der Waals surface area contributed by atoms with E-state index in [1.165, 1.54) is 5.56 Å². The Morgan fingerprint density at radius 3 is 2.00 bits per heavy atom. The number of benzene rings is 1. The van der Waals surface area contributed by atoms with E-state index in [0.29, 0.717) is 24.6 Å². The Labute approximate surface area is 134 Å². The molecule has 1 N–H and O–H groups in total. The van der Waals surface area contributed by atoms with Crippen LogP contribution in [-0.2, 0) is 21.1 Å². The quantitative estimate of drug-likeness (QED) is 0.911. The fraction of sp³-hybridized carbons (Fsp3) is 0.625. The lowest BCUT2D eigenvalue weighted by Crippen LogP contribution is -2.39. The van der Waals surface area contributed by atoms with Gasteiger partial charge in [0.1, 0.15) is 0 Å². The van der Waals surface area contributed by atoms with Gasteiger partial charge in [-0.3, -0.25) is 4.90 Å². The van der Waals surface area contributed by atoms with Crippen LogP contribution in [0.1, 0.15) is 19.4 Å². The van der Waals surface area contributed by atoms with E-state index in [1.807, 2.05) is 25.1 Å². The Balaban J connectivity index is 0.000000537. The number of aliphatic hydroxyl groups is 1. The Bertz CT molecular complexity index is 446. The largest absolute Gasteiger partial charge is 0.397 e. The topological polar surface area (TPSA) is 66.8 Å². The zero-order valence-corrected chi connectivity index (χ0v) is 14.7. The van der Waals surface area contributed by atoms with Crippen molar-refractivity contribution in [3.8, 4) is 0 Å². The highest BCUT2D eigenvalue weighted by Gasteiger charge is 2.21. The highest BCUT2D eigenvalue weighted by Crippen LogP contribution is 2.09. The van der Waals surface area contributed by atoms with Gasteiger partial charge in [-0.15, -0.1) is 0 Å². The second-order valence-electron chi connectivity index (χ2n) is 4.81. The second kappa shape index (κ2) is 12.6. The summed E-state index contributed by atoms with van der Waals surface area (Å²) < 4.78 is 27.0. The highest BCUT2D eigenvalue weighted by molar-refractivity contribution is 7.91. The molecule has 0 spiro atoms. The van der Waals surface area contributed by atoms with Gasteiger partial charge in [-0.1, -0.05) is 30.3 Å². The molecule has 0 amide bonds. The number of hydrogen-bond acceptors (Lipinski definition) is 5. The van der Waals surface area contributed by atoms with E-state index in [4.69, 9.17) is 5.11 Å². The summed E-state index contributed by atoms with van der Waals surface area (Å²) in [6.07, 6.45) is 0. The summed E-state index contributed by atoms with van der Waals surface area (Å²) in [7, 11) is -1.07. The monoisotopic (exact) mass is 331 g/mol. The first-order valence-electron chi connectivity index (χ1n) is 7.55. The van der Waals surface area contributed by atoms with Crippen molar-refractivity contribution in [2.24, 2.45) is 0 Å². The molecule has 0 bridgehead atoms. The van der Waals surface area contributed by atoms with Crippen molar-refractivity contribution in [3.05, 3.63) is 35.9 Å². The highest BCUT2D eigenvalue weighted by atomic mass is 32.2. The van der Waals surface area contributed by atoms with E-state index in [1.54, 1.807) is 14.0 Å². The van der Waals surface area contributed by atoms with E-state index < -0.39 is 9.84 Å². The Morgan fingerprint density at radius 1 is 1.14 bits per heavy atom. The summed E-state index contributed by atoms with van der Waals surface area (Å²) in [5.41, 5.74) is 1.25. The molecule has 1 aliphatic rings. The molecule has 2 rings (SSSR count). The van der Waals surface area contributed by atoms with Crippen LogP contribution in [0.2, 0.25) is 0 Å². The number of aliphatic hydroxyl groups excluding tert-OH is 1. The molecule has 1 fully saturated rings. The third-order valence-corrected chi connectivity index (χ3v) is 4.58. The minimum absolute atomic E-state index is 0.250. The summed E-state index contributed by atoms with van der Waals surface area (Å²) in [6, 6.07) is 10.2. The normalized spacial score (nSPS) is 16.7. The van der Waals surface area contributed by atoms with Crippen molar-refractivity contribution in [2.45, 2.75) is 20.4 Å². The predicted octanol–water partition coefficient (Wildman–Crippen LogP) is 1.57. The second-order valence-corrected chi connectivity index (χ2v) is 7.11. The fourth-order valence-electron chi connectivity index (χ4n) is 1.75. The molecule has 1 aromatic rings. The predicted molar refractivity (Wildman–Crippen MR) is 90.7 cm³/mol. The lowest BCUT2D eigenvalue weighted by molar-refractivity contribution is 0.215. The van der Waals surface area contributed by atoms with Gasteiger partial charge in [0.25, 0.3) is 0 Å². The first-order valence-corrected chi connectivity index (χ1v) is 9.37. The minimum atomic E-state index is -2.75. The summed E-state index contributed by atoms with van der Waals surface area (Å²) in [4.78, 5) is 2.19. The standard InChI is InChI=1S/C11H15NO2S.C3H8O.C2H6O/c13-15(14)8-6-12(7-9-15)10-11-4-2-1-3-5-11;1-3-4-2;1-2-3/h1-5H,6-10H2;3H2,1-2H3;3H,2H2,1H3.